The Balaban J connectivity index is 1.78. The molecule has 2 aromatic carbocycles. The molecule has 4 rings (SSSR count). The molecule has 2 atom stereocenters. The van der Waals surface area contributed by atoms with Gasteiger partial charge in [0.05, 0.1) is 10.6 Å². The number of nitrogens with zero attached hydrogens (tertiary/aromatic N) is 1. The maximum Gasteiger partial charge on any atom is 0.430 e. The lowest BCUT2D eigenvalue weighted by molar-refractivity contribution is -0.376. The van der Waals surface area contributed by atoms with Crippen molar-refractivity contribution in [3.63, 3.8) is 0 Å². The number of hydrogen-bond acceptors (Lipinski definition) is 5. The molecule has 0 saturated heterocycles. The van der Waals surface area contributed by atoms with Gasteiger partial charge in [-0.3, -0.25) is 9.62 Å². The number of fused-ring (bicyclic) bond motifs is 1. The van der Waals surface area contributed by atoms with Crippen LogP contribution in [0.2, 0.25) is 0 Å². The van der Waals surface area contributed by atoms with Crippen LogP contribution < -0.4 is 9.62 Å². The maximum absolute atomic E-state index is 13.6. The van der Waals surface area contributed by atoms with Gasteiger partial charge in [-0.15, -0.1) is 0 Å². The van der Waals surface area contributed by atoms with Crippen LogP contribution in [0.5, 0.6) is 0 Å². The maximum atomic E-state index is 13.6. The molecule has 3 N–H and O–H groups in total. The number of benzene rings is 2. The van der Waals surface area contributed by atoms with Crippen molar-refractivity contribution in [2.45, 2.75) is 79.7 Å². The summed E-state index contributed by atoms with van der Waals surface area (Å²) in [6.07, 6.45) is -11.0. The third kappa shape index (κ3) is 5.10. The van der Waals surface area contributed by atoms with E-state index < -0.39 is 51.6 Å². The predicted octanol–water partition coefficient (Wildman–Crippen LogP) is 4.50. The quantitative estimate of drug-likeness (QED) is 0.337. The second-order valence-corrected chi connectivity index (χ2v) is 11.4. The number of aryl methyl sites for hydroxylation is 1. The van der Waals surface area contributed by atoms with Gasteiger partial charge in [0.25, 0.3) is 15.6 Å². The smallest absolute Gasteiger partial charge is 0.379 e. The molecule has 1 heterocycles. The van der Waals surface area contributed by atoms with E-state index in [4.69, 9.17) is 0 Å². The number of halogens is 7. The van der Waals surface area contributed by atoms with Crippen molar-refractivity contribution in [3.8, 4) is 0 Å². The number of anilines is 1. The molecular weight excluding hydrogens is 545 g/mol. The zero-order chi connectivity index (χ0) is 28.1. The summed E-state index contributed by atoms with van der Waals surface area (Å²) in [6, 6.07) is 4.57. The molecule has 0 amide bonds. The molecule has 2 unspecified atom stereocenters. The molecule has 0 radical (unpaired) electrons. The monoisotopic (exact) mass is 570 g/mol. The van der Waals surface area contributed by atoms with Crippen LogP contribution in [0.3, 0.4) is 0 Å². The molecule has 0 aromatic heterocycles. The SMILES string of the molecule is O=S(=O)(c1ccc(F)cc1)N1c2ccc(C(O)(C(F)(F)F)C(F)(F)F)cc2CCC1CC(O)NC1CCC1. The lowest BCUT2D eigenvalue weighted by atomic mass is 9.87. The zero-order valence-corrected chi connectivity index (χ0v) is 20.5. The van der Waals surface area contributed by atoms with Gasteiger partial charge < -0.3 is 10.2 Å². The summed E-state index contributed by atoms with van der Waals surface area (Å²) < 4.78 is 122. The summed E-state index contributed by atoms with van der Waals surface area (Å²) in [6.45, 7) is 0. The first-order chi connectivity index (χ1) is 17.6. The van der Waals surface area contributed by atoms with Crippen LogP contribution in [0.4, 0.5) is 36.4 Å². The number of sulfonamides is 1. The number of aliphatic hydroxyl groups excluding tert-OH is 1. The minimum Gasteiger partial charge on any atom is -0.379 e. The van der Waals surface area contributed by atoms with Crippen LogP contribution in [-0.4, -0.2) is 49.3 Å². The average Bonchev–Trinajstić information content (AvgIpc) is 2.79. The highest BCUT2D eigenvalue weighted by Gasteiger charge is 2.71. The summed E-state index contributed by atoms with van der Waals surface area (Å²) in [5.74, 6) is -0.720. The highest BCUT2D eigenvalue weighted by atomic mass is 32.2. The minimum atomic E-state index is -6.10. The van der Waals surface area contributed by atoms with Crippen LogP contribution in [0.25, 0.3) is 0 Å². The fraction of sp³-hybridized carbons (Fsp3) is 0.500. The van der Waals surface area contributed by atoms with Gasteiger partial charge in [0.15, 0.2) is 0 Å². The summed E-state index contributed by atoms with van der Waals surface area (Å²) in [5.41, 5.74) is -7.04. The molecule has 210 valence electrons. The van der Waals surface area contributed by atoms with E-state index in [-0.39, 0.29) is 41.5 Å². The molecular formula is C24H25F7N2O4S. The van der Waals surface area contributed by atoms with E-state index >= 15 is 0 Å². The highest BCUT2D eigenvalue weighted by Crippen LogP contribution is 2.51. The Hall–Kier alpha value is -2.42. The summed E-state index contributed by atoms with van der Waals surface area (Å²) in [5, 5.41) is 23.3. The first-order valence-corrected chi connectivity index (χ1v) is 13.2. The molecule has 1 aliphatic carbocycles. The van der Waals surface area contributed by atoms with Crippen molar-refractivity contribution in [1.82, 2.24) is 5.32 Å². The molecule has 38 heavy (non-hydrogen) atoms. The molecule has 1 aliphatic heterocycles. The van der Waals surface area contributed by atoms with Crippen molar-refractivity contribution in [2.24, 2.45) is 0 Å². The van der Waals surface area contributed by atoms with Crippen LogP contribution in [0.15, 0.2) is 47.4 Å². The van der Waals surface area contributed by atoms with Crippen molar-refractivity contribution in [1.29, 1.82) is 0 Å². The lowest BCUT2D eigenvalue weighted by Crippen LogP contribution is -2.54. The average molecular weight is 571 g/mol. The summed E-state index contributed by atoms with van der Waals surface area (Å²) in [4.78, 5) is -0.357. The summed E-state index contributed by atoms with van der Waals surface area (Å²) in [7, 11) is -4.49. The standard InChI is InChI=1S/C24H25F7N2O4S/c25-16-6-9-19(10-7-16)38(36,37)33-18(13-21(34)32-17-2-1-3-17)8-4-14-12-15(5-11-20(14)33)22(35,23(26,27)28)24(29,30)31/h5-7,9-12,17-18,21,32,34-35H,1-4,8,13H2. The third-order valence-corrected chi connectivity index (χ3v) is 8.91. The van der Waals surface area contributed by atoms with Crippen molar-refractivity contribution in [2.75, 3.05) is 4.31 Å². The Morgan fingerprint density at radius 1 is 0.974 bits per heavy atom. The lowest BCUT2D eigenvalue weighted by Gasteiger charge is -2.40. The molecule has 1 saturated carbocycles. The molecule has 14 heteroatoms. The molecule has 6 nitrogen and oxygen atoms in total. The Morgan fingerprint density at radius 2 is 1.58 bits per heavy atom. The van der Waals surface area contributed by atoms with Gasteiger partial charge in [-0.25, -0.2) is 12.8 Å². The van der Waals surface area contributed by atoms with E-state index in [0.717, 1.165) is 53.9 Å². The molecule has 0 spiro atoms. The van der Waals surface area contributed by atoms with E-state index in [0.29, 0.717) is 12.1 Å². The fourth-order valence-electron chi connectivity index (χ4n) is 4.78. The third-order valence-electron chi connectivity index (χ3n) is 7.03. The minimum absolute atomic E-state index is 0.0449. The van der Waals surface area contributed by atoms with Crippen molar-refractivity contribution >= 4 is 15.7 Å². The Kier molecular flexibility index (Phi) is 7.49. The highest BCUT2D eigenvalue weighted by molar-refractivity contribution is 7.92. The van der Waals surface area contributed by atoms with Gasteiger partial charge in [0.1, 0.15) is 12.0 Å². The molecule has 0 bridgehead atoms. The topological polar surface area (TPSA) is 89.9 Å². The van der Waals surface area contributed by atoms with E-state index in [1.54, 1.807) is 0 Å². The largest absolute Gasteiger partial charge is 0.430 e. The first kappa shape index (κ1) is 28.6. The number of alkyl halides is 6. The van der Waals surface area contributed by atoms with Gasteiger partial charge in [-0.05, 0) is 61.6 Å². The molecule has 2 aliphatic rings. The second kappa shape index (κ2) is 9.96. The molecule has 1 fully saturated rings. The van der Waals surface area contributed by atoms with Gasteiger partial charge in [-0.1, -0.05) is 18.6 Å². The zero-order valence-electron chi connectivity index (χ0n) is 19.7. The summed E-state index contributed by atoms with van der Waals surface area (Å²) >= 11 is 0. The predicted molar refractivity (Wildman–Crippen MR) is 122 cm³/mol. The van der Waals surface area contributed by atoms with Crippen LogP contribution in [-0.2, 0) is 22.0 Å². The van der Waals surface area contributed by atoms with Crippen LogP contribution in [0, 0.1) is 5.82 Å². The van der Waals surface area contributed by atoms with E-state index in [1.165, 1.54) is 0 Å². The van der Waals surface area contributed by atoms with E-state index in [2.05, 4.69) is 5.32 Å². The fourth-order valence-corrected chi connectivity index (χ4v) is 6.51. The van der Waals surface area contributed by atoms with E-state index in [9.17, 15) is 49.4 Å². The van der Waals surface area contributed by atoms with Crippen molar-refractivity contribution < 1.29 is 49.4 Å². The van der Waals surface area contributed by atoms with E-state index in [1.807, 2.05) is 0 Å². The Bertz CT molecular complexity index is 1250. The van der Waals surface area contributed by atoms with Crippen LogP contribution >= 0.6 is 0 Å². The number of hydrogen-bond donors (Lipinski definition) is 3. The van der Waals surface area contributed by atoms with Crippen LogP contribution in [0.1, 0.15) is 43.2 Å². The first-order valence-electron chi connectivity index (χ1n) is 11.8. The van der Waals surface area contributed by atoms with Gasteiger partial charge in [0, 0.05) is 24.1 Å². The Labute approximate surface area is 214 Å². The number of nitrogens with one attached hydrogen (secondary N) is 1. The van der Waals surface area contributed by atoms with Gasteiger partial charge >= 0.3 is 12.4 Å². The number of rotatable bonds is 7. The second-order valence-electron chi connectivity index (χ2n) is 9.54. The normalized spacial score (nSPS) is 20.1. The number of aliphatic hydroxyl groups is 2. The van der Waals surface area contributed by atoms with Gasteiger partial charge in [0.2, 0.25) is 0 Å². The molecule has 2 aromatic rings. The van der Waals surface area contributed by atoms with Crippen molar-refractivity contribution in [3.05, 3.63) is 59.4 Å². The van der Waals surface area contributed by atoms with Gasteiger partial charge in [-0.2, -0.15) is 26.3 Å². The Morgan fingerprint density at radius 3 is 2.11 bits per heavy atom.